The van der Waals surface area contributed by atoms with E-state index in [9.17, 15) is 14.9 Å². The van der Waals surface area contributed by atoms with Crippen molar-refractivity contribution in [1.29, 1.82) is 0 Å². The Hall–Kier alpha value is -3.10. The van der Waals surface area contributed by atoms with Gasteiger partial charge in [0.1, 0.15) is 6.61 Å². The van der Waals surface area contributed by atoms with Gasteiger partial charge < -0.3 is 14.8 Å². The molecule has 3 aliphatic rings. The number of nitro groups is 1. The molecule has 0 aromatic heterocycles. The predicted molar refractivity (Wildman–Crippen MR) is 128 cm³/mol. The second-order valence-corrected chi connectivity index (χ2v) is 9.19. The van der Waals surface area contributed by atoms with E-state index in [-0.39, 0.29) is 23.5 Å². The van der Waals surface area contributed by atoms with Crippen LogP contribution in [0, 0.1) is 10.1 Å². The van der Waals surface area contributed by atoms with Gasteiger partial charge in [-0.2, -0.15) is 0 Å². The summed E-state index contributed by atoms with van der Waals surface area (Å²) in [5, 5.41) is 16.0. The van der Waals surface area contributed by atoms with Gasteiger partial charge in [-0.1, -0.05) is 42.5 Å². The largest absolute Gasteiger partial charge is 0.490 e. The molecule has 0 saturated carbocycles. The number of anilines is 1. The summed E-state index contributed by atoms with van der Waals surface area (Å²) in [6.45, 7) is 6.75. The number of benzene rings is 2. The molecule has 0 radical (unpaired) electrons. The van der Waals surface area contributed by atoms with Crippen LogP contribution in [0.1, 0.15) is 36.8 Å². The van der Waals surface area contributed by atoms with Gasteiger partial charge in [0.15, 0.2) is 17.0 Å². The van der Waals surface area contributed by atoms with Crippen LogP contribution in [0.5, 0.6) is 11.5 Å². The molecule has 0 aliphatic carbocycles. The molecule has 2 aromatic rings. The highest BCUT2D eigenvalue weighted by Crippen LogP contribution is 2.58. The average Bonchev–Trinajstić information content (AvgIpc) is 3.46. The summed E-state index contributed by atoms with van der Waals surface area (Å²) in [4.78, 5) is 28.1. The van der Waals surface area contributed by atoms with Crippen molar-refractivity contribution in [1.82, 2.24) is 4.90 Å². The first-order valence-corrected chi connectivity index (χ1v) is 11.8. The van der Waals surface area contributed by atoms with Crippen molar-refractivity contribution < 1.29 is 19.2 Å². The molecule has 34 heavy (non-hydrogen) atoms. The lowest BCUT2D eigenvalue weighted by molar-refractivity contribution is -0.534. The summed E-state index contributed by atoms with van der Waals surface area (Å²) in [5.74, 6) is -0.0908. The minimum absolute atomic E-state index is 0.183. The second kappa shape index (κ2) is 8.60. The van der Waals surface area contributed by atoms with Gasteiger partial charge in [0.2, 0.25) is 0 Å². The van der Waals surface area contributed by atoms with E-state index in [0.717, 1.165) is 12.8 Å². The lowest BCUT2D eigenvalue weighted by Gasteiger charge is -2.32. The first-order chi connectivity index (χ1) is 16.4. The van der Waals surface area contributed by atoms with Crippen LogP contribution in [0.15, 0.2) is 49.1 Å². The van der Waals surface area contributed by atoms with Crippen LogP contribution in [-0.2, 0) is 10.3 Å². The number of rotatable bonds is 7. The minimum atomic E-state index is -1.37. The average molecular weight is 484 g/mol. The fourth-order valence-corrected chi connectivity index (χ4v) is 6.37. The lowest BCUT2D eigenvalue weighted by Crippen LogP contribution is -2.55. The highest BCUT2D eigenvalue weighted by molar-refractivity contribution is 6.32. The molecule has 0 unspecified atom stereocenters. The van der Waals surface area contributed by atoms with Gasteiger partial charge in [-0.25, -0.2) is 0 Å². The van der Waals surface area contributed by atoms with Crippen molar-refractivity contribution in [2.24, 2.45) is 0 Å². The SMILES string of the molecule is C=CCOc1c(Cl)cc([C@H]2[C@H]([N+](=O)[O-])[C@]3(C(=O)Nc4ccccc43)N3CCC[C@@H]23)cc1OCC. The first-order valence-electron chi connectivity index (χ1n) is 11.5. The molecule has 2 fully saturated rings. The van der Waals surface area contributed by atoms with Crippen molar-refractivity contribution in [2.45, 2.75) is 43.3 Å². The zero-order chi connectivity index (χ0) is 24.0. The molecule has 2 aromatic carbocycles. The number of carbonyl (C=O) groups excluding carboxylic acids is 1. The van der Waals surface area contributed by atoms with E-state index in [1.807, 2.05) is 30.0 Å². The number of halogens is 1. The highest BCUT2D eigenvalue weighted by Gasteiger charge is 2.73. The summed E-state index contributed by atoms with van der Waals surface area (Å²) in [6, 6.07) is 9.40. The maximum atomic E-state index is 13.6. The van der Waals surface area contributed by atoms with Crippen LogP contribution >= 0.6 is 11.6 Å². The highest BCUT2D eigenvalue weighted by atomic mass is 35.5. The van der Waals surface area contributed by atoms with E-state index < -0.39 is 17.5 Å². The van der Waals surface area contributed by atoms with Crippen LogP contribution in [-0.4, -0.2) is 47.6 Å². The quantitative estimate of drug-likeness (QED) is 0.357. The number of amides is 1. The summed E-state index contributed by atoms with van der Waals surface area (Å²) in [7, 11) is 0. The zero-order valence-electron chi connectivity index (χ0n) is 18.8. The van der Waals surface area contributed by atoms with Crippen molar-refractivity contribution in [3.8, 4) is 11.5 Å². The van der Waals surface area contributed by atoms with Crippen LogP contribution in [0.2, 0.25) is 5.02 Å². The Balaban J connectivity index is 1.69. The molecular weight excluding hydrogens is 458 g/mol. The van der Waals surface area contributed by atoms with Crippen LogP contribution in [0.4, 0.5) is 5.69 Å². The normalized spacial score (nSPS) is 27.4. The smallest absolute Gasteiger partial charge is 0.256 e. The van der Waals surface area contributed by atoms with E-state index >= 15 is 0 Å². The van der Waals surface area contributed by atoms with Gasteiger partial charge in [-0.15, -0.1) is 0 Å². The number of para-hydroxylation sites is 1. The predicted octanol–water partition coefficient (Wildman–Crippen LogP) is 4.36. The van der Waals surface area contributed by atoms with Crippen LogP contribution in [0.3, 0.4) is 0 Å². The fraction of sp³-hybridized carbons (Fsp3) is 0.400. The topological polar surface area (TPSA) is 93.9 Å². The van der Waals surface area contributed by atoms with Crippen LogP contribution in [0.25, 0.3) is 0 Å². The Bertz CT molecular complexity index is 1170. The first kappa shape index (κ1) is 22.7. The van der Waals surface area contributed by atoms with Crippen molar-refractivity contribution >= 4 is 23.2 Å². The summed E-state index contributed by atoms with van der Waals surface area (Å²) in [6.07, 6.45) is 3.22. The van der Waals surface area contributed by atoms with Gasteiger partial charge in [0, 0.05) is 28.8 Å². The van der Waals surface area contributed by atoms with Crippen molar-refractivity contribution in [3.05, 3.63) is 75.3 Å². The summed E-state index contributed by atoms with van der Waals surface area (Å²) >= 11 is 6.61. The molecule has 1 N–H and O–H groups in total. The van der Waals surface area contributed by atoms with Gasteiger partial charge in [-0.05, 0) is 43.5 Å². The van der Waals surface area contributed by atoms with E-state index in [0.29, 0.717) is 46.5 Å². The maximum absolute atomic E-state index is 13.6. The minimum Gasteiger partial charge on any atom is -0.490 e. The third kappa shape index (κ3) is 3.12. The Kier molecular flexibility index (Phi) is 5.73. The summed E-state index contributed by atoms with van der Waals surface area (Å²) < 4.78 is 11.5. The molecule has 5 rings (SSSR count). The number of nitrogens with one attached hydrogen (secondary N) is 1. The van der Waals surface area contributed by atoms with E-state index in [1.54, 1.807) is 24.3 Å². The monoisotopic (exact) mass is 483 g/mol. The summed E-state index contributed by atoms with van der Waals surface area (Å²) in [5.41, 5.74) is 0.597. The van der Waals surface area contributed by atoms with Gasteiger partial charge in [0.25, 0.3) is 11.9 Å². The molecule has 8 nitrogen and oxygen atoms in total. The van der Waals surface area contributed by atoms with Gasteiger partial charge in [-0.3, -0.25) is 19.8 Å². The van der Waals surface area contributed by atoms with E-state index in [4.69, 9.17) is 21.1 Å². The third-order valence-corrected chi connectivity index (χ3v) is 7.44. The molecule has 4 atom stereocenters. The Labute approximate surface area is 202 Å². The Morgan fingerprint density at radius 1 is 1.35 bits per heavy atom. The number of fused-ring (bicyclic) bond motifs is 4. The Morgan fingerprint density at radius 2 is 2.15 bits per heavy atom. The number of ether oxygens (including phenoxy) is 2. The number of carbonyl (C=O) groups is 1. The molecule has 2 saturated heterocycles. The molecular formula is C25H26ClN3O5. The molecule has 9 heteroatoms. The molecule has 0 bridgehead atoms. The van der Waals surface area contributed by atoms with Gasteiger partial charge >= 0.3 is 0 Å². The number of nitrogens with zero attached hydrogens (tertiary/aromatic N) is 2. The number of hydrogen-bond acceptors (Lipinski definition) is 6. The maximum Gasteiger partial charge on any atom is 0.256 e. The van der Waals surface area contributed by atoms with Gasteiger partial charge in [0.05, 0.1) is 17.5 Å². The number of hydrogen-bond donors (Lipinski definition) is 1. The zero-order valence-corrected chi connectivity index (χ0v) is 19.6. The third-order valence-electron chi connectivity index (χ3n) is 7.16. The Morgan fingerprint density at radius 3 is 2.88 bits per heavy atom. The molecule has 1 spiro atoms. The molecule has 178 valence electrons. The molecule has 3 heterocycles. The second-order valence-electron chi connectivity index (χ2n) is 8.79. The van der Waals surface area contributed by atoms with E-state index in [1.165, 1.54) is 0 Å². The van der Waals surface area contributed by atoms with E-state index in [2.05, 4.69) is 11.9 Å². The van der Waals surface area contributed by atoms with Crippen molar-refractivity contribution in [3.63, 3.8) is 0 Å². The van der Waals surface area contributed by atoms with Crippen molar-refractivity contribution in [2.75, 3.05) is 25.1 Å². The standard InChI is InChI=1S/C25H26ClN3O5/c1-3-12-34-22-17(26)13-15(14-20(22)33-4-2)21-19-10-7-11-28(19)25(23(21)29(31)32)16-8-5-6-9-18(16)27-24(25)30/h3,5-6,8-9,13-14,19,21,23H,1,4,7,10-12H2,2H3,(H,27,30)/t19-,21+,23-,25+/m0/s1. The molecule has 3 aliphatic heterocycles. The fourth-order valence-electron chi connectivity index (χ4n) is 6.10. The lowest BCUT2D eigenvalue weighted by atomic mass is 9.77. The van der Waals surface area contributed by atoms with Crippen LogP contribution < -0.4 is 14.8 Å². The molecule has 1 amide bonds.